The fraction of sp³-hybridized carbons (Fsp3) is 0.750. The Hall–Kier alpha value is -0.880. The van der Waals surface area contributed by atoms with Gasteiger partial charge >= 0.3 is 37.0 Å². The van der Waals surface area contributed by atoms with Crippen molar-refractivity contribution in [1.82, 2.24) is 9.55 Å². The number of ether oxygens (including phenoxy) is 1. The van der Waals surface area contributed by atoms with Crippen LogP contribution in [-0.4, -0.2) is 66.2 Å². The Morgan fingerprint density at radius 1 is 0.950 bits per heavy atom. The largest absolute Gasteiger partial charge is 0.490 e. The summed E-state index contributed by atoms with van der Waals surface area (Å²) >= 11 is 0. The third-order valence-electron chi connectivity index (χ3n) is 5.03. The van der Waals surface area contributed by atoms with E-state index in [1.165, 1.54) is 6.92 Å². The van der Waals surface area contributed by atoms with E-state index in [1.807, 2.05) is 4.98 Å². The molecule has 1 aliphatic rings. The molecular formula is C16H31N3O17P4. The number of rotatable bonds is 17. The van der Waals surface area contributed by atoms with Gasteiger partial charge in [0.15, 0.2) is 0 Å². The SMILES string of the molecule is Cc1cn([C@H]2C[C@@H](O)[C@@H](COP(=O)(O)OP(=O)(O)OP(=O)(O)OP(=O)(O)OCCCCCCN)O2)c(=O)[nH]c1=O. The number of aliphatic hydroxyl groups is 1. The molecule has 24 heteroatoms. The van der Waals surface area contributed by atoms with Crippen LogP contribution >= 0.6 is 31.3 Å². The van der Waals surface area contributed by atoms with Gasteiger partial charge in [-0.1, -0.05) is 12.8 Å². The van der Waals surface area contributed by atoms with Crippen molar-refractivity contribution in [2.24, 2.45) is 5.73 Å². The number of phosphoric ester groups is 2. The van der Waals surface area contributed by atoms with E-state index < -0.39 is 74.2 Å². The topological polar surface area (TPSA) is 306 Å². The first-order valence-corrected chi connectivity index (χ1v) is 17.4. The lowest BCUT2D eigenvalue weighted by atomic mass is 10.2. The van der Waals surface area contributed by atoms with Crippen molar-refractivity contribution in [2.75, 3.05) is 19.8 Å². The standard InChI is InChI=1S/C16H31N3O17P4/c1-11-9-19(16(22)18-15(11)21)14-8-12(20)13(33-14)10-32-38(25,26)35-40(29,30)36-39(27,28)34-37(23,24)31-7-5-3-2-4-6-17/h9,12-14,20H,2-8,10,17H2,1H3,(H,23,24)(H,25,26)(H,27,28)(H,29,30)(H,18,21,22)/t12-,13-,14-/m1/s1. The quantitative estimate of drug-likeness (QED) is 0.0882. The highest BCUT2D eigenvalue weighted by Gasteiger charge is 2.46. The third kappa shape index (κ3) is 11.8. The zero-order valence-corrected chi connectivity index (χ0v) is 24.5. The van der Waals surface area contributed by atoms with Crippen LogP contribution in [0.4, 0.5) is 0 Å². The van der Waals surface area contributed by atoms with Crippen LogP contribution in [0.1, 0.15) is 43.9 Å². The number of nitrogens with two attached hydrogens (primary N) is 1. The van der Waals surface area contributed by atoms with E-state index in [1.54, 1.807) is 0 Å². The molecule has 232 valence electrons. The van der Waals surface area contributed by atoms with E-state index in [9.17, 15) is 52.5 Å². The molecule has 1 saturated heterocycles. The smallest absolute Gasteiger partial charge is 0.390 e. The first-order valence-electron chi connectivity index (χ1n) is 11.5. The van der Waals surface area contributed by atoms with Crippen molar-refractivity contribution in [3.8, 4) is 0 Å². The Kier molecular flexibility index (Phi) is 12.8. The minimum atomic E-state index is -5.98. The summed E-state index contributed by atoms with van der Waals surface area (Å²) in [5.74, 6) is 0. The van der Waals surface area contributed by atoms with Gasteiger partial charge in [0.2, 0.25) is 0 Å². The number of nitrogens with zero attached hydrogens (tertiary/aromatic N) is 1. The Morgan fingerprint density at radius 3 is 2.10 bits per heavy atom. The molecular weight excluding hydrogens is 630 g/mol. The molecule has 7 atom stereocenters. The van der Waals surface area contributed by atoms with E-state index in [-0.39, 0.29) is 18.4 Å². The van der Waals surface area contributed by atoms with Crippen molar-refractivity contribution in [1.29, 1.82) is 0 Å². The Labute approximate surface area is 226 Å². The fourth-order valence-corrected chi connectivity index (χ4v) is 8.23. The highest BCUT2D eigenvalue weighted by Crippen LogP contribution is 2.71. The van der Waals surface area contributed by atoms with Crippen LogP contribution in [0, 0.1) is 6.92 Å². The minimum absolute atomic E-state index is 0.150. The molecule has 0 amide bonds. The molecule has 1 aromatic rings. The molecule has 0 aliphatic carbocycles. The summed E-state index contributed by atoms with van der Waals surface area (Å²) in [6.45, 7) is 0.502. The second kappa shape index (κ2) is 14.5. The number of hydrogen-bond donors (Lipinski definition) is 7. The van der Waals surface area contributed by atoms with Gasteiger partial charge in [-0.05, 0) is 26.3 Å². The predicted octanol–water partition coefficient (Wildman–Crippen LogP) is 0.497. The van der Waals surface area contributed by atoms with Crippen molar-refractivity contribution in [3.63, 3.8) is 0 Å². The maximum atomic E-state index is 12.1. The van der Waals surface area contributed by atoms with Gasteiger partial charge in [0, 0.05) is 18.2 Å². The zero-order chi connectivity index (χ0) is 30.4. The predicted molar refractivity (Wildman–Crippen MR) is 133 cm³/mol. The summed E-state index contributed by atoms with van der Waals surface area (Å²) in [5.41, 5.74) is 3.97. The molecule has 0 saturated carbocycles. The number of aryl methyl sites for hydroxylation is 1. The first-order chi connectivity index (χ1) is 18.4. The summed E-state index contributed by atoms with van der Waals surface area (Å²) in [7, 11) is -22.7. The molecule has 0 radical (unpaired) electrons. The van der Waals surface area contributed by atoms with Gasteiger partial charge in [-0.25, -0.2) is 23.1 Å². The molecule has 4 unspecified atom stereocenters. The van der Waals surface area contributed by atoms with Crippen LogP contribution in [0.25, 0.3) is 0 Å². The van der Waals surface area contributed by atoms with Gasteiger partial charge in [0.1, 0.15) is 12.3 Å². The highest BCUT2D eigenvalue weighted by atomic mass is 31.3. The summed E-state index contributed by atoms with van der Waals surface area (Å²) < 4.78 is 74.6. The number of H-pyrrole nitrogens is 1. The number of aromatic amines is 1. The van der Waals surface area contributed by atoms with E-state index in [2.05, 4.69) is 22.0 Å². The van der Waals surface area contributed by atoms with Crippen LogP contribution in [0.15, 0.2) is 15.8 Å². The molecule has 0 aromatic carbocycles. The van der Waals surface area contributed by atoms with Crippen LogP contribution in [0.3, 0.4) is 0 Å². The van der Waals surface area contributed by atoms with Crippen LogP contribution in [0.2, 0.25) is 0 Å². The Morgan fingerprint density at radius 2 is 1.50 bits per heavy atom. The van der Waals surface area contributed by atoms with Crippen LogP contribution in [-0.2, 0) is 45.0 Å². The first kappa shape index (κ1) is 35.3. The molecule has 0 spiro atoms. The van der Waals surface area contributed by atoms with Gasteiger partial charge in [0.05, 0.1) is 19.3 Å². The molecule has 20 nitrogen and oxygen atoms in total. The lowest BCUT2D eigenvalue weighted by Gasteiger charge is -2.21. The van der Waals surface area contributed by atoms with Crippen molar-refractivity contribution in [3.05, 3.63) is 32.6 Å². The second-order valence-electron chi connectivity index (χ2n) is 8.36. The van der Waals surface area contributed by atoms with Crippen LogP contribution < -0.4 is 17.0 Å². The van der Waals surface area contributed by atoms with Gasteiger partial charge < -0.3 is 35.2 Å². The van der Waals surface area contributed by atoms with Crippen LogP contribution in [0.5, 0.6) is 0 Å². The number of aliphatic hydroxyl groups excluding tert-OH is 1. The number of unbranched alkanes of at least 4 members (excludes halogenated alkanes) is 3. The van der Waals surface area contributed by atoms with E-state index in [0.717, 1.165) is 10.8 Å². The van der Waals surface area contributed by atoms with E-state index in [4.69, 9.17) is 10.5 Å². The molecule has 1 aromatic heterocycles. The molecule has 40 heavy (non-hydrogen) atoms. The van der Waals surface area contributed by atoms with Crippen molar-refractivity contribution in [2.45, 2.75) is 57.5 Å². The maximum Gasteiger partial charge on any atom is 0.490 e. The number of aromatic nitrogens is 2. The average molecular weight is 661 g/mol. The molecule has 1 fully saturated rings. The second-order valence-corrected chi connectivity index (χ2v) is 14.6. The molecule has 8 N–H and O–H groups in total. The molecule has 2 heterocycles. The number of nitrogens with one attached hydrogen (secondary N) is 1. The third-order valence-corrected chi connectivity index (χ3v) is 11.0. The summed E-state index contributed by atoms with van der Waals surface area (Å²) in [6, 6.07) is 0. The van der Waals surface area contributed by atoms with Gasteiger partial charge in [0.25, 0.3) is 5.56 Å². The number of phosphoric acid groups is 4. The van der Waals surface area contributed by atoms with E-state index in [0.29, 0.717) is 25.8 Å². The van der Waals surface area contributed by atoms with Crippen molar-refractivity contribution >= 4 is 31.3 Å². The Bertz CT molecular complexity index is 1320. The van der Waals surface area contributed by atoms with Gasteiger partial charge in [-0.15, -0.1) is 0 Å². The molecule has 1 aliphatic heterocycles. The lowest BCUT2D eigenvalue weighted by Crippen LogP contribution is -2.33. The number of hydrogen-bond acceptors (Lipinski definition) is 14. The monoisotopic (exact) mass is 661 g/mol. The molecule has 2 rings (SSSR count). The van der Waals surface area contributed by atoms with E-state index >= 15 is 0 Å². The maximum absolute atomic E-state index is 12.1. The lowest BCUT2D eigenvalue weighted by molar-refractivity contribution is -0.0450. The zero-order valence-electron chi connectivity index (χ0n) is 20.9. The highest BCUT2D eigenvalue weighted by molar-refractivity contribution is 7.69. The summed E-state index contributed by atoms with van der Waals surface area (Å²) in [5, 5.41) is 10.2. The summed E-state index contributed by atoms with van der Waals surface area (Å²) in [6.07, 6.45) is -0.770. The Balaban J connectivity index is 1.90. The fourth-order valence-electron chi connectivity index (χ4n) is 3.25. The van der Waals surface area contributed by atoms with Gasteiger partial charge in [-0.3, -0.25) is 23.4 Å². The average Bonchev–Trinajstić information content (AvgIpc) is 3.15. The normalized spacial score (nSPS) is 25.5. The van der Waals surface area contributed by atoms with Crippen molar-refractivity contribution < 1.29 is 69.7 Å². The molecule has 0 bridgehead atoms. The van der Waals surface area contributed by atoms with Gasteiger partial charge in [-0.2, -0.15) is 12.9 Å². The summed E-state index contributed by atoms with van der Waals surface area (Å²) in [4.78, 5) is 64.0. The minimum Gasteiger partial charge on any atom is -0.390 e.